The van der Waals surface area contributed by atoms with Gasteiger partial charge in [-0.05, 0) is 35.0 Å². The fraction of sp³-hybridized carbons (Fsp3) is 0.192. The van der Waals surface area contributed by atoms with E-state index >= 15 is 0 Å². The Kier molecular flexibility index (Phi) is 6.40. The van der Waals surface area contributed by atoms with E-state index in [-0.39, 0.29) is 49.0 Å². The summed E-state index contributed by atoms with van der Waals surface area (Å²) >= 11 is 0. The second-order valence-electron chi connectivity index (χ2n) is 8.40. The maximum absolute atomic E-state index is 14.5. The second kappa shape index (κ2) is 9.95. The van der Waals surface area contributed by atoms with Gasteiger partial charge < -0.3 is 10.1 Å². The molecule has 1 aliphatic rings. The normalized spacial score (nSPS) is 15.2. The molecule has 3 aromatic carbocycles. The summed E-state index contributed by atoms with van der Waals surface area (Å²) in [5.41, 5.74) is 1.12. The number of nitrogens with zero attached hydrogens (tertiary/aromatic N) is 3. The summed E-state index contributed by atoms with van der Waals surface area (Å²) in [5, 5.41) is 11.0. The van der Waals surface area contributed by atoms with Gasteiger partial charge in [-0.25, -0.2) is 14.2 Å². The molecule has 0 saturated carbocycles. The Bertz CT molecular complexity index is 1440. The van der Waals surface area contributed by atoms with Crippen molar-refractivity contribution in [3.63, 3.8) is 0 Å². The highest BCUT2D eigenvalue weighted by molar-refractivity contribution is 6.01. The van der Waals surface area contributed by atoms with Crippen LogP contribution in [0, 0.1) is 5.82 Å². The molecular formula is C26H22FN5O4. The summed E-state index contributed by atoms with van der Waals surface area (Å²) in [7, 11) is 0. The smallest absolute Gasteiger partial charge is 0.414 e. The maximum atomic E-state index is 14.5. The molecule has 1 fully saturated rings. The minimum Gasteiger partial charge on any atom is -0.442 e. The molecule has 182 valence electrons. The van der Waals surface area contributed by atoms with E-state index in [4.69, 9.17) is 4.74 Å². The topological polar surface area (TPSA) is 117 Å². The molecule has 0 unspecified atom stereocenters. The maximum Gasteiger partial charge on any atom is 0.414 e. The predicted octanol–water partition coefficient (Wildman–Crippen LogP) is 3.87. The van der Waals surface area contributed by atoms with E-state index in [9.17, 15) is 18.8 Å². The van der Waals surface area contributed by atoms with E-state index in [0.29, 0.717) is 11.3 Å². The molecule has 1 aromatic heterocycles. The summed E-state index contributed by atoms with van der Waals surface area (Å²) in [6.45, 7) is 0.236. The highest BCUT2D eigenvalue weighted by Crippen LogP contribution is 2.27. The number of aromatic nitrogens is 3. The van der Waals surface area contributed by atoms with Gasteiger partial charge in [0.25, 0.3) is 0 Å². The molecular weight excluding hydrogens is 465 g/mol. The number of nitrogens with one attached hydrogen (secondary N) is 2. The van der Waals surface area contributed by atoms with Gasteiger partial charge in [-0.15, -0.1) is 0 Å². The standard InChI is InChI=1S/C26H22FN5O4/c27-22-12-19(7-8-21(22)25-29-15-30-31-25)32-14-20(36-26(32)35)13-28-24(34)10-9-23(33)18-6-5-16-3-1-2-4-17(16)11-18/h1-8,11-12,15,20H,9-10,13-14H2,(H,28,34)(H,29,30,31)/t20-/m0/s1. The lowest BCUT2D eigenvalue weighted by molar-refractivity contribution is -0.121. The SMILES string of the molecule is O=C(CCC(=O)c1ccc2ccccc2c1)NC[C@H]1CN(c2ccc(-c3ncn[nH]3)c(F)c2)C(=O)O1. The highest BCUT2D eigenvalue weighted by atomic mass is 19.1. The van der Waals surface area contributed by atoms with Gasteiger partial charge in [0.15, 0.2) is 11.6 Å². The van der Waals surface area contributed by atoms with Gasteiger partial charge >= 0.3 is 6.09 Å². The van der Waals surface area contributed by atoms with E-state index in [1.165, 1.54) is 23.4 Å². The molecule has 0 spiro atoms. The number of rotatable bonds is 8. The Morgan fingerprint density at radius 3 is 2.69 bits per heavy atom. The molecule has 4 aromatic rings. The molecule has 10 heteroatoms. The Hall–Kier alpha value is -4.60. The van der Waals surface area contributed by atoms with Gasteiger partial charge in [0.1, 0.15) is 18.2 Å². The molecule has 1 saturated heterocycles. The van der Waals surface area contributed by atoms with Crippen molar-refractivity contribution < 1.29 is 23.5 Å². The second-order valence-corrected chi connectivity index (χ2v) is 8.40. The Balaban J connectivity index is 1.12. The predicted molar refractivity (Wildman–Crippen MR) is 130 cm³/mol. The van der Waals surface area contributed by atoms with Crippen molar-refractivity contribution in [2.45, 2.75) is 18.9 Å². The first-order chi connectivity index (χ1) is 17.5. The molecule has 5 rings (SSSR count). The number of ketones is 1. The van der Waals surface area contributed by atoms with E-state index in [0.717, 1.165) is 10.8 Å². The zero-order valence-electron chi connectivity index (χ0n) is 19.1. The lowest BCUT2D eigenvalue weighted by Crippen LogP contribution is -2.34. The number of halogens is 1. The van der Waals surface area contributed by atoms with Crippen LogP contribution in [0.5, 0.6) is 0 Å². The van der Waals surface area contributed by atoms with Gasteiger partial charge in [-0.2, -0.15) is 5.10 Å². The van der Waals surface area contributed by atoms with Gasteiger partial charge in [0.05, 0.1) is 24.3 Å². The van der Waals surface area contributed by atoms with Gasteiger partial charge in [0.2, 0.25) is 5.91 Å². The van der Waals surface area contributed by atoms with E-state index in [1.54, 1.807) is 12.1 Å². The van der Waals surface area contributed by atoms with Gasteiger partial charge in [-0.1, -0.05) is 36.4 Å². The van der Waals surface area contributed by atoms with Crippen molar-refractivity contribution in [1.82, 2.24) is 20.5 Å². The number of Topliss-reactive ketones (excluding diaryl/α,β-unsaturated/α-hetero) is 1. The van der Waals surface area contributed by atoms with E-state index in [2.05, 4.69) is 20.5 Å². The molecule has 2 amide bonds. The number of carbonyl (C=O) groups excluding carboxylic acids is 3. The number of amides is 2. The van der Waals surface area contributed by atoms with Crippen molar-refractivity contribution in [2.75, 3.05) is 18.0 Å². The molecule has 36 heavy (non-hydrogen) atoms. The number of cyclic esters (lactones) is 1. The molecule has 0 radical (unpaired) electrons. The largest absolute Gasteiger partial charge is 0.442 e. The van der Waals surface area contributed by atoms with E-state index in [1.807, 2.05) is 36.4 Å². The first kappa shape index (κ1) is 23.2. The molecule has 2 N–H and O–H groups in total. The van der Waals surface area contributed by atoms with Crippen molar-refractivity contribution >= 4 is 34.2 Å². The van der Waals surface area contributed by atoms with Crippen molar-refractivity contribution in [3.8, 4) is 11.4 Å². The lowest BCUT2D eigenvalue weighted by atomic mass is 10.0. The van der Waals surface area contributed by atoms with Crippen LogP contribution in [-0.4, -0.2) is 52.2 Å². The monoisotopic (exact) mass is 487 g/mol. The Morgan fingerprint density at radius 1 is 1.08 bits per heavy atom. The first-order valence-corrected chi connectivity index (χ1v) is 11.4. The van der Waals surface area contributed by atoms with Crippen LogP contribution in [0.3, 0.4) is 0 Å². The number of hydrogen-bond donors (Lipinski definition) is 2. The highest BCUT2D eigenvalue weighted by Gasteiger charge is 2.33. The fourth-order valence-electron chi connectivity index (χ4n) is 4.09. The third-order valence-electron chi connectivity index (χ3n) is 5.99. The summed E-state index contributed by atoms with van der Waals surface area (Å²) in [6.07, 6.45) is 0.128. The molecule has 0 bridgehead atoms. The van der Waals surface area contributed by atoms with Crippen LogP contribution in [0.2, 0.25) is 0 Å². The van der Waals surface area contributed by atoms with Crippen molar-refractivity contribution in [2.24, 2.45) is 0 Å². The average molecular weight is 487 g/mol. The first-order valence-electron chi connectivity index (χ1n) is 11.4. The number of fused-ring (bicyclic) bond motifs is 1. The van der Waals surface area contributed by atoms with Crippen LogP contribution in [0.4, 0.5) is 14.9 Å². The number of H-pyrrole nitrogens is 1. The summed E-state index contributed by atoms with van der Waals surface area (Å²) in [6, 6.07) is 17.5. The van der Waals surface area contributed by atoms with Crippen molar-refractivity contribution in [3.05, 3.63) is 78.4 Å². The number of anilines is 1. The van der Waals surface area contributed by atoms with Crippen LogP contribution < -0.4 is 10.2 Å². The quantitative estimate of drug-likeness (QED) is 0.365. The number of aromatic amines is 1. The lowest BCUT2D eigenvalue weighted by Gasteiger charge is -2.14. The average Bonchev–Trinajstić information content (AvgIpc) is 3.55. The zero-order chi connectivity index (χ0) is 25.1. The minimum absolute atomic E-state index is 0.0182. The van der Waals surface area contributed by atoms with Crippen LogP contribution in [-0.2, 0) is 9.53 Å². The molecule has 1 atom stereocenters. The van der Waals surface area contributed by atoms with Crippen molar-refractivity contribution in [1.29, 1.82) is 0 Å². The van der Waals surface area contributed by atoms with Crippen LogP contribution in [0.1, 0.15) is 23.2 Å². The molecule has 1 aliphatic heterocycles. The zero-order valence-corrected chi connectivity index (χ0v) is 19.1. The number of benzene rings is 3. The third-order valence-corrected chi connectivity index (χ3v) is 5.99. The summed E-state index contributed by atoms with van der Waals surface area (Å²) < 4.78 is 19.9. The fourth-order valence-corrected chi connectivity index (χ4v) is 4.09. The van der Waals surface area contributed by atoms with Crippen LogP contribution >= 0.6 is 0 Å². The molecule has 2 heterocycles. The van der Waals surface area contributed by atoms with Gasteiger partial charge in [-0.3, -0.25) is 19.6 Å². The molecule has 0 aliphatic carbocycles. The number of ether oxygens (including phenoxy) is 1. The summed E-state index contributed by atoms with van der Waals surface area (Å²) in [4.78, 5) is 42.4. The third kappa shape index (κ3) is 4.92. The molecule has 9 nitrogen and oxygen atoms in total. The van der Waals surface area contributed by atoms with Crippen LogP contribution in [0.25, 0.3) is 22.2 Å². The van der Waals surface area contributed by atoms with Crippen LogP contribution in [0.15, 0.2) is 67.0 Å². The van der Waals surface area contributed by atoms with E-state index < -0.39 is 18.0 Å². The number of hydrogen-bond acceptors (Lipinski definition) is 6. The Labute approximate surface area is 205 Å². The van der Waals surface area contributed by atoms with Gasteiger partial charge in [0, 0.05) is 18.4 Å². The minimum atomic E-state index is -0.632. The summed E-state index contributed by atoms with van der Waals surface area (Å²) in [5.74, 6) is -0.723. The Morgan fingerprint density at radius 2 is 1.92 bits per heavy atom. The number of carbonyl (C=O) groups is 3.